The van der Waals surface area contributed by atoms with Gasteiger partial charge in [-0.2, -0.15) is 0 Å². The van der Waals surface area contributed by atoms with Crippen LogP contribution in [0.2, 0.25) is 0 Å². The molecular formula is C21H26O4. The molecule has 0 spiro atoms. The van der Waals surface area contributed by atoms with Gasteiger partial charge in [-0.15, -0.1) is 0 Å². The fourth-order valence-electron chi connectivity index (χ4n) is 2.27. The summed E-state index contributed by atoms with van der Waals surface area (Å²) in [4.78, 5) is 11.6. The highest BCUT2D eigenvalue weighted by Crippen LogP contribution is 2.18. The summed E-state index contributed by atoms with van der Waals surface area (Å²) in [7, 11) is 0. The van der Waals surface area contributed by atoms with E-state index < -0.39 is 0 Å². The van der Waals surface area contributed by atoms with Gasteiger partial charge in [-0.25, -0.2) is 4.79 Å². The van der Waals surface area contributed by atoms with Crippen LogP contribution in [0.1, 0.15) is 38.2 Å². The van der Waals surface area contributed by atoms with E-state index >= 15 is 0 Å². The molecule has 0 N–H and O–H groups in total. The maximum atomic E-state index is 11.6. The highest BCUT2D eigenvalue weighted by molar-refractivity contribution is 5.71. The SMILES string of the molecule is CCCCCCOC(=O)COc1ccc(OCc2ccccc2)cc1. The number of carbonyl (C=O) groups is 1. The Morgan fingerprint density at radius 3 is 2.20 bits per heavy atom. The van der Waals surface area contributed by atoms with E-state index in [1.807, 2.05) is 42.5 Å². The quantitative estimate of drug-likeness (QED) is 0.436. The second kappa shape index (κ2) is 11.1. The molecule has 0 radical (unpaired) electrons. The van der Waals surface area contributed by atoms with Gasteiger partial charge in [0.2, 0.25) is 0 Å². The number of benzene rings is 2. The minimum absolute atomic E-state index is 0.0714. The summed E-state index contributed by atoms with van der Waals surface area (Å²) in [5.74, 6) is 1.05. The van der Waals surface area contributed by atoms with Crippen LogP contribution in [0.15, 0.2) is 54.6 Å². The standard InChI is InChI=1S/C21H26O4/c1-2-3-4-8-15-23-21(22)17-25-20-13-11-19(12-14-20)24-16-18-9-6-5-7-10-18/h5-7,9-14H,2-4,8,15-17H2,1H3. The molecule has 2 aromatic carbocycles. The first-order chi connectivity index (χ1) is 12.3. The van der Waals surface area contributed by atoms with Crippen molar-refractivity contribution in [3.05, 3.63) is 60.2 Å². The van der Waals surface area contributed by atoms with Crippen LogP contribution in [0.25, 0.3) is 0 Å². The Bertz CT molecular complexity index is 608. The van der Waals surface area contributed by atoms with E-state index in [1.54, 1.807) is 12.1 Å². The molecule has 4 heteroatoms. The first-order valence-corrected chi connectivity index (χ1v) is 8.83. The fourth-order valence-corrected chi connectivity index (χ4v) is 2.27. The molecule has 0 aromatic heterocycles. The molecule has 0 aliphatic carbocycles. The highest BCUT2D eigenvalue weighted by Gasteiger charge is 2.04. The Balaban J connectivity index is 1.65. The van der Waals surface area contributed by atoms with Gasteiger partial charge >= 0.3 is 5.97 Å². The first-order valence-electron chi connectivity index (χ1n) is 8.83. The Morgan fingerprint density at radius 2 is 1.52 bits per heavy atom. The van der Waals surface area contributed by atoms with Crippen molar-refractivity contribution in [2.75, 3.05) is 13.2 Å². The van der Waals surface area contributed by atoms with Crippen LogP contribution >= 0.6 is 0 Å². The van der Waals surface area contributed by atoms with E-state index in [1.165, 1.54) is 12.8 Å². The van der Waals surface area contributed by atoms with Crippen LogP contribution in [-0.2, 0) is 16.1 Å². The molecule has 0 aliphatic heterocycles. The number of hydrogen-bond donors (Lipinski definition) is 0. The lowest BCUT2D eigenvalue weighted by atomic mass is 10.2. The van der Waals surface area contributed by atoms with Crippen molar-refractivity contribution in [3.63, 3.8) is 0 Å². The molecule has 0 amide bonds. The number of unbranched alkanes of at least 4 members (excludes halogenated alkanes) is 3. The summed E-state index contributed by atoms with van der Waals surface area (Å²) in [6, 6.07) is 17.2. The number of hydrogen-bond acceptors (Lipinski definition) is 4. The average Bonchev–Trinajstić information content (AvgIpc) is 2.66. The lowest BCUT2D eigenvalue weighted by molar-refractivity contribution is -0.146. The van der Waals surface area contributed by atoms with Crippen LogP contribution in [0, 0.1) is 0 Å². The highest BCUT2D eigenvalue weighted by atomic mass is 16.6. The molecule has 134 valence electrons. The second-order valence-electron chi connectivity index (χ2n) is 5.82. The third-order valence-electron chi connectivity index (χ3n) is 3.69. The van der Waals surface area contributed by atoms with Crippen molar-refractivity contribution in [3.8, 4) is 11.5 Å². The number of ether oxygens (including phenoxy) is 3. The van der Waals surface area contributed by atoms with Gasteiger partial charge < -0.3 is 14.2 Å². The zero-order chi connectivity index (χ0) is 17.7. The van der Waals surface area contributed by atoms with E-state index in [0.717, 1.165) is 24.2 Å². The van der Waals surface area contributed by atoms with Gasteiger partial charge in [0.15, 0.2) is 6.61 Å². The van der Waals surface area contributed by atoms with Crippen LogP contribution in [0.4, 0.5) is 0 Å². The van der Waals surface area contributed by atoms with Gasteiger partial charge in [0.05, 0.1) is 6.61 Å². The number of esters is 1. The van der Waals surface area contributed by atoms with Gasteiger partial charge in [0.1, 0.15) is 18.1 Å². The maximum Gasteiger partial charge on any atom is 0.344 e. The molecular weight excluding hydrogens is 316 g/mol. The minimum Gasteiger partial charge on any atom is -0.489 e. The predicted octanol–water partition coefficient (Wildman–Crippen LogP) is 4.77. The third-order valence-corrected chi connectivity index (χ3v) is 3.69. The van der Waals surface area contributed by atoms with E-state index in [0.29, 0.717) is 19.0 Å². The number of carbonyl (C=O) groups excluding carboxylic acids is 1. The van der Waals surface area contributed by atoms with Gasteiger partial charge in [-0.05, 0) is 36.2 Å². The molecule has 0 atom stereocenters. The van der Waals surface area contributed by atoms with E-state index in [2.05, 4.69) is 6.92 Å². The molecule has 0 heterocycles. The molecule has 0 unspecified atom stereocenters. The molecule has 0 saturated carbocycles. The fraction of sp³-hybridized carbons (Fsp3) is 0.381. The van der Waals surface area contributed by atoms with Gasteiger partial charge in [-0.3, -0.25) is 0 Å². The summed E-state index contributed by atoms with van der Waals surface area (Å²) >= 11 is 0. The summed E-state index contributed by atoms with van der Waals surface area (Å²) in [5, 5.41) is 0. The van der Waals surface area contributed by atoms with Crippen molar-refractivity contribution in [1.82, 2.24) is 0 Å². The Kier molecular flexibility index (Phi) is 8.39. The van der Waals surface area contributed by atoms with Gasteiger partial charge in [-0.1, -0.05) is 56.5 Å². The Morgan fingerprint density at radius 1 is 0.840 bits per heavy atom. The predicted molar refractivity (Wildman–Crippen MR) is 97.8 cm³/mol. The zero-order valence-corrected chi connectivity index (χ0v) is 14.8. The smallest absolute Gasteiger partial charge is 0.344 e. The molecule has 0 fully saturated rings. The molecule has 4 nitrogen and oxygen atoms in total. The second-order valence-corrected chi connectivity index (χ2v) is 5.82. The van der Waals surface area contributed by atoms with Crippen LogP contribution < -0.4 is 9.47 Å². The topological polar surface area (TPSA) is 44.8 Å². The Labute approximate surface area is 149 Å². The average molecular weight is 342 g/mol. The molecule has 25 heavy (non-hydrogen) atoms. The van der Waals surface area contributed by atoms with E-state index in [9.17, 15) is 4.79 Å². The monoisotopic (exact) mass is 342 g/mol. The van der Waals surface area contributed by atoms with Crippen LogP contribution in [0.3, 0.4) is 0 Å². The lowest BCUT2D eigenvalue weighted by Crippen LogP contribution is -2.15. The van der Waals surface area contributed by atoms with Crippen molar-refractivity contribution in [1.29, 1.82) is 0 Å². The van der Waals surface area contributed by atoms with Gasteiger partial charge in [0.25, 0.3) is 0 Å². The van der Waals surface area contributed by atoms with Crippen molar-refractivity contribution >= 4 is 5.97 Å². The van der Waals surface area contributed by atoms with Crippen molar-refractivity contribution < 1.29 is 19.0 Å². The summed E-state index contributed by atoms with van der Waals surface area (Å²) < 4.78 is 16.3. The zero-order valence-electron chi connectivity index (χ0n) is 14.8. The lowest BCUT2D eigenvalue weighted by Gasteiger charge is -2.09. The largest absolute Gasteiger partial charge is 0.489 e. The normalized spacial score (nSPS) is 10.3. The number of rotatable bonds is 11. The van der Waals surface area contributed by atoms with E-state index in [-0.39, 0.29) is 12.6 Å². The maximum absolute atomic E-state index is 11.6. The van der Waals surface area contributed by atoms with Crippen LogP contribution in [-0.4, -0.2) is 19.2 Å². The van der Waals surface area contributed by atoms with Crippen LogP contribution in [0.5, 0.6) is 11.5 Å². The third kappa shape index (κ3) is 7.75. The first kappa shape index (κ1) is 18.8. The van der Waals surface area contributed by atoms with Crippen molar-refractivity contribution in [2.24, 2.45) is 0 Å². The molecule has 2 aromatic rings. The summed E-state index contributed by atoms with van der Waals surface area (Å²) in [5.41, 5.74) is 1.12. The summed E-state index contributed by atoms with van der Waals surface area (Å²) in [6.07, 6.45) is 4.34. The van der Waals surface area contributed by atoms with E-state index in [4.69, 9.17) is 14.2 Å². The minimum atomic E-state index is -0.332. The molecule has 0 bridgehead atoms. The summed E-state index contributed by atoms with van der Waals surface area (Å²) in [6.45, 7) is 3.07. The molecule has 0 aliphatic rings. The molecule has 2 rings (SSSR count). The molecule has 0 saturated heterocycles. The Hall–Kier alpha value is -2.49. The van der Waals surface area contributed by atoms with Gasteiger partial charge in [0, 0.05) is 0 Å². The van der Waals surface area contributed by atoms with Crippen molar-refractivity contribution in [2.45, 2.75) is 39.2 Å².